The van der Waals surface area contributed by atoms with Crippen molar-refractivity contribution in [2.75, 3.05) is 11.1 Å². The molecule has 0 bridgehead atoms. The molecule has 3 nitrogen and oxygen atoms in total. The third kappa shape index (κ3) is 2.48. The van der Waals surface area contributed by atoms with Crippen molar-refractivity contribution in [1.82, 2.24) is 4.98 Å². The minimum Gasteiger partial charge on any atom is -0.397 e. The van der Waals surface area contributed by atoms with Gasteiger partial charge in [-0.05, 0) is 18.2 Å². The van der Waals surface area contributed by atoms with Gasteiger partial charge in [-0.2, -0.15) is 0 Å². The molecule has 0 saturated carbocycles. The van der Waals surface area contributed by atoms with Crippen molar-refractivity contribution in [2.45, 2.75) is 0 Å². The lowest BCUT2D eigenvalue weighted by Gasteiger charge is -2.12. The van der Waals surface area contributed by atoms with Crippen LogP contribution in [-0.2, 0) is 0 Å². The maximum absolute atomic E-state index is 13.8. The number of benzene rings is 2. The van der Waals surface area contributed by atoms with E-state index in [4.69, 9.17) is 17.3 Å². The summed E-state index contributed by atoms with van der Waals surface area (Å²) in [4.78, 5) is 4.19. The van der Waals surface area contributed by atoms with E-state index >= 15 is 0 Å². The predicted octanol–water partition coefficient (Wildman–Crippen LogP) is 4.49. The molecule has 0 aliphatic rings. The van der Waals surface area contributed by atoms with E-state index in [9.17, 15) is 8.78 Å². The van der Waals surface area contributed by atoms with Crippen LogP contribution in [0.3, 0.4) is 0 Å². The van der Waals surface area contributed by atoms with E-state index in [0.717, 1.165) is 17.5 Å². The largest absolute Gasteiger partial charge is 0.397 e. The number of nitrogens with two attached hydrogens (primary N) is 1. The van der Waals surface area contributed by atoms with E-state index in [1.54, 1.807) is 30.5 Å². The topological polar surface area (TPSA) is 50.9 Å². The van der Waals surface area contributed by atoms with Gasteiger partial charge in [-0.1, -0.05) is 23.7 Å². The lowest BCUT2D eigenvalue weighted by atomic mass is 10.1. The number of aromatic nitrogens is 1. The number of nitrogens with one attached hydrogen (secondary N) is 1. The van der Waals surface area contributed by atoms with Gasteiger partial charge < -0.3 is 11.1 Å². The zero-order chi connectivity index (χ0) is 15.0. The number of para-hydroxylation sites is 1. The monoisotopic (exact) mass is 305 g/mol. The Morgan fingerprint density at radius 2 is 1.95 bits per heavy atom. The van der Waals surface area contributed by atoms with Crippen LogP contribution in [0.1, 0.15) is 0 Å². The fourth-order valence-corrected chi connectivity index (χ4v) is 2.35. The maximum atomic E-state index is 13.8. The van der Waals surface area contributed by atoms with Crippen LogP contribution in [-0.4, -0.2) is 4.98 Å². The number of pyridine rings is 1. The summed E-state index contributed by atoms with van der Waals surface area (Å²) in [6, 6.07) is 8.78. The van der Waals surface area contributed by atoms with Crippen molar-refractivity contribution in [1.29, 1.82) is 0 Å². The Labute approximate surface area is 124 Å². The van der Waals surface area contributed by atoms with Crippen LogP contribution >= 0.6 is 11.6 Å². The molecule has 0 unspecified atom stereocenters. The third-order valence-electron chi connectivity index (χ3n) is 3.07. The molecule has 3 N–H and O–H groups in total. The number of anilines is 3. The maximum Gasteiger partial charge on any atom is 0.151 e. The summed E-state index contributed by atoms with van der Waals surface area (Å²) in [5.74, 6) is -1.50. The first-order chi connectivity index (χ1) is 10.1. The summed E-state index contributed by atoms with van der Waals surface area (Å²) in [6.07, 6.45) is 1.55. The molecule has 6 heteroatoms. The Balaban J connectivity index is 2.13. The average molecular weight is 306 g/mol. The molecule has 0 radical (unpaired) electrons. The Hall–Kier alpha value is -2.40. The van der Waals surface area contributed by atoms with Crippen LogP contribution in [0, 0.1) is 11.6 Å². The highest BCUT2D eigenvalue weighted by Gasteiger charge is 2.12. The van der Waals surface area contributed by atoms with Crippen LogP contribution in [0.5, 0.6) is 0 Å². The van der Waals surface area contributed by atoms with Gasteiger partial charge in [0.2, 0.25) is 0 Å². The number of nitrogens with zero attached hydrogens (tertiary/aromatic N) is 1. The van der Waals surface area contributed by atoms with Crippen LogP contribution < -0.4 is 11.1 Å². The van der Waals surface area contributed by atoms with Gasteiger partial charge in [0.1, 0.15) is 5.82 Å². The molecule has 0 fully saturated rings. The molecule has 106 valence electrons. The lowest BCUT2D eigenvalue weighted by Crippen LogP contribution is -1.98. The second-order valence-electron chi connectivity index (χ2n) is 4.47. The Morgan fingerprint density at radius 1 is 1.14 bits per heavy atom. The molecule has 1 heterocycles. The number of halogens is 3. The van der Waals surface area contributed by atoms with E-state index in [1.165, 1.54) is 0 Å². The second-order valence-corrected chi connectivity index (χ2v) is 4.88. The van der Waals surface area contributed by atoms with Gasteiger partial charge in [-0.25, -0.2) is 8.78 Å². The first-order valence-corrected chi connectivity index (χ1v) is 6.49. The first-order valence-electron chi connectivity index (χ1n) is 6.11. The number of fused-ring (bicyclic) bond motifs is 1. The molecule has 0 atom stereocenters. The average Bonchev–Trinajstić information content (AvgIpc) is 2.43. The van der Waals surface area contributed by atoms with Gasteiger partial charge in [0.05, 0.1) is 21.9 Å². The van der Waals surface area contributed by atoms with Crippen LogP contribution in [0.25, 0.3) is 10.9 Å². The van der Waals surface area contributed by atoms with Crippen molar-refractivity contribution in [3.63, 3.8) is 0 Å². The summed E-state index contributed by atoms with van der Waals surface area (Å²) in [5, 5.41) is 3.55. The van der Waals surface area contributed by atoms with Gasteiger partial charge in [-0.15, -0.1) is 0 Å². The zero-order valence-corrected chi connectivity index (χ0v) is 11.5. The molecule has 1 aromatic heterocycles. The highest BCUT2D eigenvalue weighted by molar-refractivity contribution is 6.33. The van der Waals surface area contributed by atoms with E-state index in [-0.39, 0.29) is 10.7 Å². The summed E-state index contributed by atoms with van der Waals surface area (Å²) in [6.45, 7) is 0. The molecule has 3 aromatic rings. The number of hydrogen-bond donors (Lipinski definition) is 2. The Kier molecular flexibility index (Phi) is 3.35. The second kappa shape index (κ2) is 5.18. The molecule has 0 amide bonds. The Morgan fingerprint density at radius 3 is 2.71 bits per heavy atom. The summed E-state index contributed by atoms with van der Waals surface area (Å²) >= 11 is 5.88. The number of rotatable bonds is 2. The highest BCUT2D eigenvalue weighted by atomic mass is 35.5. The van der Waals surface area contributed by atoms with Gasteiger partial charge >= 0.3 is 0 Å². The Bertz CT molecular complexity index is 813. The lowest BCUT2D eigenvalue weighted by molar-refractivity contribution is 0.586. The molecular weight excluding hydrogens is 296 g/mol. The van der Waals surface area contributed by atoms with E-state index < -0.39 is 11.6 Å². The van der Waals surface area contributed by atoms with Gasteiger partial charge in [-0.3, -0.25) is 4.98 Å². The van der Waals surface area contributed by atoms with E-state index in [2.05, 4.69) is 10.3 Å². The minimum atomic E-state index is -0.770. The zero-order valence-electron chi connectivity index (χ0n) is 10.7. The van der Waals surface area contributed by atoms with Crippen LogP contribution in [0.4, 0.5) is 25.8 Å². The number of hydrogen-bond acceptors (Lipinski definition) is 3. The van der Waals surface area contributed by atoms with Gasteiger partial charge in [0.15, 0.2) is 5.82 Å². The molecule has 0 aliphatic carbocycles. The van der Waals surface area contributed by atoms with Crippen molar-refractivity contribution in [2.24, 2.45) is 0 Å². The van der Waals surface area contributed by atoms with Crippen molar-refractivity contribution in [3.8, 4) is 0 Å². The molecule has 0 saturated heterocycles. The normalized spacial score (nSPS) is 10.8. The van der Waals surface area contributed by atoms with E-state index in [0.29, 0.717) is 16.9 Å². The SMILES string of the molecule is Nc1cccc2c(Nc3c(F)cc(F)cc3Cl)ccnc12. The summed E-state index contributed by atoms with van der Waals surface area (Å²) in [7, 11) is 0. The standard InChI is InChI=1S/C15H10ClF2N3/c16-10-6-8(17)7-11(18)15(10)21-13-4-5-20-14-9(13)2-1-3-12(14)19/h1-7H,19H2,(H,20,21). The molecule has 2 aromatic carbocycles. The molecule has 0 aliphatic heterocycles. The van der Waals surface area contributed by atoms with Gasteiger partial charge in [0.25, 0.3) is 0 Å². The number of nitrogen functional groups attached to an aromatic ring is 1. The summed E-state index contributed by atoms with van der Waals surface area (Å²) in [5.41, 5.74) is 7.56. The van der Waals surface area contributed by atoms with Crippen molar-refractivity contribution in [3.05, 3.63) is 59.3 Å². The van der Waals surface area contributed by atoms with E-state index in [1.807, 2.05) is 0 Å². The van der Waals surface area contributed by atoms with Crippen molar-refractivity contribution >= 4 is 39.6 Å². The molecular formula is C15H10ClF2N3. The third-order valence-corrected chi connectivity index (χ3v) is 3.37. The molecule has 3 rings (SSSR count). The fraction of sp³-hybridized carbons (Fsp3) is 0. The fourth-order valence-electron chi connectivity index (χ4n) is 2.10. The molecule has 21 heavy (non-hydrogen) atoms. The summed E-state index contributed by atoms with van der Waals surface area (Å²) < 4.78 is 26.9. The van der Waals surface area contributed by atoms with Crippen molar-refractivity contribution < 1.29 is 8.78 Å². The first kappa shape index (κ1) is 13.6. The van der Waals surface area contributed by atoms with Gasteiger partial charge in [0, 0.05) is 23.3 Å². The smallest absolute Gasteiger partial charge is 0.151 e. The van der Waals surface area contributed by atoms with Crippen LogP contribution in [0.15, 0.2) is 42.6 Å². The minimum absolute atomic E-state index is 0.00740. The quantitative estimate of drug-likeness (QED) is 0.686. The molecule has 0 spiro atoms. The highest BCUT2D eigenvalue weighted by Crippen LogP contribution is 2.33. The predicted molar refractivity (Wildman–Crippen MR) is 80.8 cm³/mol. The van der Waals surface area contributed by atoms with Crippen LogP contribution in [0.2, 0.25) is 5.02 Å².